The smallest absolute Gasteiger partial charge is 0.219 e. The van der Waals surface area contributed by atoms with E-state index in [9.17, 15) is 4.79 Å². The summed E-state index contributed by atoms with van der Waals surface area (Å²) in [6, 6.07) is 0. The molecule has 3 heterocycles. The molecule has 0 radical (unpaired) electrons. The molecule has 1 aliphatic heterocycles. The van der Waals surface area contributed by atoms with Gasteiger partial charge >= 0.3 is 0 Å². The lowest BCUT2D eigenvalue weighted by molar-refractivity contribution is -0.130. The van der Waals surface area contributed by atoms with Crippen LogP contribution in [0.3, 0.4) is 0 Å². The first-order chi connectivity index (χ1) is 11.5. The molecule has 0 N–H and O–H groups in total. The van der Waals surface area contributed by atoms with Crippen LogP contribution in [0.2, 0.25) is 0 Å². The zero-order chi connectivity index (χ0) is 17.3. The van der Waals surface area contributed by atoms with Crippen molar-refractivity contribution < 1.29 is 4.79 Å². The maximum absolute atomic E-state index is 11.5. The van der Waals surface area contributed by atoms with E-state index in [4.69, 9.17) is 0 Å². The van der Waals surface area contributed by atoms with E-state index in [1.807, 2.05) is 23.6 Å². The summed E-state index contributed by atoms with van der Waals surface area (Å²) in [5, 5.41) is 4.51. The second-order valence-electron chi connectivity index (χ2n) is 6.67. The molecule has 1 saturated heterocycles. The molecule has 24 heavy (non-hydrogen) atoms. The van der Waals surface area contributed by atoms with Crippen LogP contribution in [0.5, 0.6) is 0 Å². The van der Waals surface area contributed by atoms with Crippen LogP contribution in [0.25, 0.3) is 11.3 Å². The quantitative estimate of drug-likeness (QED) is 0.868. The maximum Gasteiger partial charge on any atom is 0.219 e. The third-order valence-electron chi connectivity index (χ3n) is 5.06. The molecule has 0 bridgehead atoms. The molecule has 6 heteroatoms. The van der Waals surface area contributed by atoms with Gasteiger partial charge in [-0.15, -0.1) is 0 Å². The van der Waals surface area contributed by atoms with Crippen molar-refractivity contribution in [3.05, 3.63) is 29.5 Å². The number of aryl methyl sites for hydroxylation is 2. The van der Waals surface area contributed by atoms with E-state index in [0.29, 0.717) is 5.92 Å². The van der Waals surface area contributed by atoms with Gasteiger partial charge in [0.25, 0.3) is 0 Å². The SMILES string of the molecule is CC(=O)N1CCC(Cc2nccnc2-c2c(C)nn(C)c2C)CC1. The van der Waals surface area contributed by atoms with E-state index >= 15 is 0 Å². The Hall–Kier alpha value is -2.24. The van der Waals surface area contributed by atoms with E-state index in [-0.39, 0.29) is 5.91 Å². The molecular weight excluding hydrogens is 302 g/mol. The molecule has 0 atom stereocenters. The number of amides is 1. The van der Waals surface area contributed by atoms with Gasteiger partial charge in [0.05, 0.1) is 17.1 Å². The first-order valence-electron chi connectivity index (χ1n) is 8.53. The topological polar surface area (TPSA) is 63.9 Å². The second kappa shape index (κ2) is 6.71. The summed E-state index contributed by atoms with van der Waals surface area (Å²) in [6.45, 7) is 7.43. The molecule has 1 aliphatic rings. The molecule has 0 aromatic carbocycles. The lowest BCUT2D eigenvalue weighted by atomic mass is 9.90. The highest BCUT2D eigenvalue weighted by molar-refractivity contribution is 5.73. The number of aromatic nitrogens is 4. The summed E-state index contributed by atoms with van der Waals surface area (Å²) in [6.07, 6.45) is 6.48. The Morgan fingerprint density at radius 2 is 1.88 bits per heavy atom. The molecule has 1 fully saturated rings. The minimum absolute atomic E-state index is 0.176. The average molecular weight is 327 g/mol. The van der Waals surface area contributed by atoms with Gasteiger partial charge in [-0.3, -0.25) is 19.4 Å². The van der Waals surface area contributed by atoms with E-state index in [1.165, 1.54) is 0 Å². The number of carbonyl (C=O) groups excluding carboxylic acids is 1. The Labute approximate surface area is 142 Å². The van der Waals surface area contributed by atoms with Crippen LogP contribution in [0.1, 0.15) is 36.8 Å². The molecule has 6 nitrogen and oxygen atoms in total. The van der Waals surface area contributed by atoms with E-state index in [1.54, 1.807) is 19.3 Å². The van der Waals surface area contributed by atoms with Crippen molar-refractivity contribution in [2.24, 2.45) is 13.0 Å². The lowest BCUT2D eigenvalue weighted by Crippen LogP contribution is -2.37. The van der Waals surface area contributed by atoms with Crippen LogP contribution in [0.4, 0.5) is 0 Å². The van der Waals surface area contributed by atoms with Gasteiger partial charge in [-0.05, 0) is 39.0 Å². The fourth-order valence-corrected chi connectivity index (χ4v) is 3.57. The van der Waals surface area contributed by atoms with Gasteiger partial charge in [-0.25, -0.2) is 0 Å². The van der Waals surface area contributed by atoms with Gasteiger partial charge in [0.15, 0.2) is 0 Å². The fraction of sp³-hybridized carbons (Fsp3) is 0.556. The summed E-state index contributed by atoms with van der Waals surface area (Å²) in [7, 11) is 1.96. The summed E-state index contributed by atoms with van der Waals surface area (Å²) in [4.78, 5) is 22.6. The van der Waals surface area contributed by atoms with Crippen LogP contribution in [-0.4, -0.2) is 43.6 Å². The average Bonchev–Trinajstić information content (AvgIpc) is 2.81. The number of carbonyl (C=O) groups is 1. The van der Waals surface area contributed by atoms with Crippen molar-refractivity contribution in [3.63, 3.8) is 0 Å². The molecule has 1 amide bonds. The Morgan fingerprint density at radius 1 is 1.21 bits per heavy atom. The van der Waals surface area contributed by atoms with Gasteiger partial charge in [0, 0.05) is 50.7 Å². The highest BCUT2D eigenvalue weighted by Crippen LogP contribution is 2.30. The molecule has 128 valence electrons. The Balaban J connectivity index is 1.82. The van der Waals surface area contributed by atoms with Gasteiger partial charge < -0.3 is 4.90 Å². The third-order valence-corrected chi connectivity index (χ3v) is 5.06. The summed E-state index contributed by atoms with van der Waals surface area (Å²) >= 11 is 0. The van der Waals surface area contributed by atoms with Crippen molar-refractivity contribution in [2.75, 3.05) is 13.1 Å². The monoisotopic (exact) mass is 327 g/mol. The fourth-order valence-electron chi connectivity index (χ4n) is 3.57. The molecule has 3 rings (SSSR count). The van der Waals surface area contributed by atoms with Crippen LogP contribution in [0, 0.1) is 19.8 Å². The normalized spacial score (nSPS) is 15.8. The van der Waals surface area contributed by atoms with Crippen LogP contribution in [-0.2, 0) is 18.3 Å². The van der Waals surface area contributed by atoms with Crippen molar-refractivity contribution in [1.82, 2.24) is 24.6 Å². The minimum atomic E-state index is 0.176. The van der Waals surface area contributed by atoms with Crippen LogP contribution in [0.15, 0.2) is 12.4 Å². The van der Waals surface area contributed by atoms with Crippen molar-refractivity contribution in [3.8, 4) is 11.3 Å². The number of hydrogen-bond donors (Lipinski definition) is 0. The predicted molar refractivity (Wildman–Crippen MR) is 92.4 cm³/mol. The maximum atomic E-state index is 11.5. The number of likely N-dealkylation sites (tertiary alicyclic amines) is 1. The highest BCUT2D eigenvalue weighted by atomic mass is 16.2. The minimum Gasteiger partial charge on any atom is -0.343 e. The summed E-state index contributed by atoms with van der Waals surface area (Å²) in [5.41, 5.74) is 5.19. The molecule has 0 spiro atoms. The first-order valence-corrected chi connectivity index (χ1v) is 8.53. The molecule has 0 saturated carbocycles. The Bertz CT molecular complexity index is 744. The van der Waals surface area contributed by atoms with Crippen molar-refractivity contribution in [2.45, 2.75) is 40.0 Å². The molecule has 2 aromatic heterocycles. The Kier molecular flexibility index (Phi) is 4.64. The van der Waals surface area contributed by atoms with Crippen molar-refractivity contribution >= 4 is 5.91 Å². The summed E-state index contributed by atoms with van der Waals surface area (Å²) < 4.78 is 1.90. The third kappa shape index (κ3) is 3.18. The molecular formula is C18H25N5O. The largest absolute Gasteiger partial charge is 0.343 e. The van der Waals surface area contributed by atoms with Gasteiger partial charge in [0.1, 0.15) is 0 Å². The van der Waals surface area contributed by atoms with Crippen LogP contribution >= 0.6 is 0 Å². The van der Waals surface area contributed by atoms with E-state index < -0.39 is 0 Å². The standard InChI is InChI=1S/C18H25N5O/c1-12-17(13(2)22(4)21-12)18-16(19-7-8-20-18)11-15-5-9-23(10-6-15)14(3)24/h7-8,15H,5-6,9-11H2,1-4H3. The number of rotatable bonds is 3. The Morgan fingerprint density at radius 3 is 2.46 bits per heavy atom. The van der Waals surface area contributed by atoms with Crippen molar-refractivity contribution in [1.29, 1.82) is 0 Å². The van der Waals surface area contributed by atoms with E-state index in [0.717, 1.165) is 60.7 Å². The predicted octanol–water partition coefficient (Wildman–Crippen LogP) is 2.29. The van der Waals surface area contributed by atoms with Gasteiger partial charge in [-0.1, -0.05) is 0 Å². The molecule has 0 unspecified atom stereocenters. The van der Waals surface area contributed by atoms with E-state index in [2.05, 4.69) is 22.0 Å². The van der Waals surface area contributed by atoms with Crippen LogP contribution < -0.4 is 0 Å². The highest BCUT2D eigenvalue weighted by Gasteiger charge is 2.24. The first kappa shape index (κ1) is 16.6. The number of hydrogen-bond acceptors (Lipinski definition) is 4. The lowest BCUT2D eigenvalue weighted by Gasteiger charge is -2.31. The molecule has 0 aliphatic carbocycles. The second-order valence-corrected chi connectivity index (χ2v) is 6.67. The van der Waals surface area contributed by atoms with Gasteiger partial charge in [-0.2, -0.15) is 5.10 Å². The van der Waals surface area contributed by atoms with Gasteiger partial charge in [0.2, 0.25) is 5.91 Å². The zero-order valence-corrected chi connectivity index (χ0v) is 14.9. The molecule has 2 aromatic rings. The number of piperidine rings is 1. The summed E-state index contributed by atoms with van der Waals surface area (Å²) in [5.74, 6) is 0.726. The number of nitrogens with zero attached hydrogens (tertiary/aromatic N) is 5. The zero-order valence-electron chi connectivity index (χ0n) is 14.9.